The molecule has 0 aromatic rings. The molecule has 2 saturated heterocycles. The number of rotatable bonds is 1. The molecular formula is C8H12N2O6S. The van der Waals surface area contributed by atoms with Crippen LogP contribution in [-0.4, -0.2) is 68.2 Å². The summed E-state index contributed by atoms with van der Waals surface area (Å²) >= 11 is 4.70. The number of hydrogen-bond donors (Lipinski definition) is 6. The van der Waals surface area contributed by atoms with Crippen LogP contribution in [0.3, 0.4) is 0 Å². The molecule has 0 radical (unpaired) electrons. The summed E-state index contributed by atoms with van der Waals surface area (Å²) < 4.78 is 5.14. The van der Waals surface area contributed by atoms with E-state index < -0.39 is 42.7 Å². The van der Waals surface area contributed by atoms with Crippen molar-refractivity contribution in [2.75, 3.05) is 6.61 Å². The van der Waals surface area contributed by atoms with Crippen molar-refractivity contribution in [2.24, 2.45) is 0 Å². The van der Waals surface area contributed by atoms with E-state index in [1.807, 2.05) is 0 Å². The smallest absolute Gasteiger partial charge is 0.282 e. The Morgan fingerprint density at radius 3 is 2.47 bits per heavy atom. The molecule has 5 atom stereocenters. The lowest BCUT2D eigenvalue weighted by molar-refractivity contribution is -0.267. The highest BCUT2D eigenvalue weighted by Gasteiger charge is 2.61. The van der Waals surface area contributed by atoms with E-state index >= 15 is 0 Å². The van der Waals surface area contributed by atoms with Gasteiger partial charge in [-0.25, -0.2) is 0 Å². The molecule has 2 rings (SSSR count). The van der Waals surface area contributed by atoms with Crippen LogP contribution >= 0.6 is 12.2 Å². The van der Waals surface area contributed by atoms with Crippen LogP contribution in [0.25, 0.3) is 0 Å². The van der Waals surface area contributed by atoms with Gasteiger partial charge in [0.1, 0.15) is 24.4 Å². The second kappa shape index (κ2) is 4.12. The van der Waals surface area contributed by atoms with E-state index in [1.54, 1.807) is 0 Å². The summed E-state index contributed by atoms with van der Waals surface area (Å²) in [4.78, 5) is 11.7. The Kier molecular flexibility index (Phi) is 3.06. The van der Waals surface area contributed by atoms with Gasteiger partial charge in [-0.05, 0) is 12.2 Å². The fourth-order valence-corrected chi connectivity index (χ4v) is 2.16. The van der Waals surface area contributed by atoms with Crippen LogP contribution in [0.2, 0.25) is 0 Å². The molecule has 0 aromatic carbocycles. The highest BCUT2D eigenvalue weighted by molar-refractivity contribution is 7.80. The summed E-state index contributed by atoms with van der Waals surface area (Å²) in [6.07, 6.45) is -6.04. The average Bonchev–Trinajstić information content (AvgIpc) is 2.57. The number of aliphatic hydroxyl groups excluding tert-OH is 4. The van der Waals surface area contributed by atoms with Gasteiger partial charge in [-0.2, -0.15) is 0 Å². The molecule has 2 fully saturated rings. The zero-order valence-corrected chi connectivity index (χ0v) is 9.35. The summed E-state index contributed by atoms with van der Waals surface area (Å²) in [5.41, 5.74) is -1.97. The maximum atomic E-state index is 11.7. The predicted octanol–water partition coefficient (Wildman–Crippen LogP) is -3.84. The van der Waals surface area contributed by atoms with E-state index in [9.17, 15) is 20.1 Å². The zero-order valence-electron chi connectivity index (χ0n) is 8.53. The number of carbonyl (C=O) groups excluding carboxylic acids is 1. The van der Waals surface area contributed by atoms with Gasteiger partial charge in [0.25, 0.3) is 11.6 Å². The van der Waals surface area contributed by atoms with Crippen LogP contribution in [0.1, 0.15) is 0 Å². The van der Waals surface area contributed by atoms with Crippen molar-refractivity contribution < 1.29 is 30.0 Å². The van der Waals surface area contributed by atoms with Gasteiger partial charge in [0.2, 0.25) is 0 Å². The van der Waals surface area contributed by atoms with Gasteiger partial charge in [-0.15, -0.1) is 0 Å². The number of carbonyl (C=O) groups is 1. The molecular weight excluding hydrogens is 252 g/mol. The number of amides is 1. The van der Waals surface area contributed by atoms with Crippen molar-refractivity contribution in [2.45, 2.75) is 30.1 Å². The third kappa shape index (κ3) is 1.71. The van der Waals surface area contributed by atoms with E-state index in [-0.39, 0.29) is 5.11 Å². The van der Waals surface area contributed by atoms with E-state index in [2.05, 4.69) is 10.6 Å². The molecule has 0 aliphatic carbocycles. The largest absolute Gasteiger partial charge is 0.394 e. The first-order chi connectivity index (χ1) is 7.92. The maximum Gasteiger partial charge on any atom is 0.282 e. The summed E-state index contributed by atoms with van der Waals surface area (Å²) in [7, 11) is 0. The maximum absolute atomic E-state index is 11.7. The molecule has 5 unspecified atom stereocenters. The summed E-state index contributed by atoms with van der Waals surface area (Å²) in [5.74, 6) is -0.778. The van der Waals surface area contributed by atoms with Crippen molar-refractivity contribution >= 4 is 23.2 Å². The SMILES string of the molecule is O=C1NC(=S)NC12OC(CO)C(O)C(O)C2O. The van der Waals surface area contributed by atoms with Crippen molar-refractivity contribution in [3.63, 3.8) is 0 Å². The molecule has 2 heterocycles. The van der Waals surface area contributed by atoms with Gasteiger partial charge in [-0.1, -0.05) is 0 Å². The first-order valence-corrected chi connectivity index (χ1v) is 5.29. The third-order valence-electron chi connectivity index (χ3n) is 2.85. The Balaban J connectivity index is 2.34. The summed E-state index contributed by atoms with van der Waals surface area (Å²) in [5, 5.41) is 42.5. The lowest BCUT2D eigenvalue weighted by atomic mass is 9.90. The number of aliphatic hydroxyl groups is 4. The van der Waals surface area contributed by atoms with E-state index in [4.69, 9.17) is 22.1 Å². The van der Waals surface area contributed by atoms with Gasteiger partial charge in [0.15, 0.2) is 5.11 Å². The number of ether oxygens (including phenoxy) is 1. The molecule has 17 heavy (non-hydrogen) atoms. The minimum atomic E-state index is -1.97. The molecule has 6 N–H and O–H groups in total. The van der Waals surface area contributed by atoms with Crippen LogP contribution in [0, 0.1) is 0 Å². The van der Waals surface area contributed by atoms with Crippen LogP contribution in [0.4, 0.5) is 0 Å². The lowest BCUT2D eigenvalue weighted by Crippen LogP contribution is -2.71. The molecule has 0 saturated carbocycles. The van der Waals surface area contributed by atoms with E-state index in [0.717, 1.165) is 0 Å². The van der Waals surface area contributed by atoms with Gasteiger partial charge in [0.05, 0.1) is 6.61 Å². The molecule has 2 aliphatic heterocycles. The average molecular weight is 264 g/mol. The topological polar surface area (TPSA) is 131 Å². The minimum Gasteiger partial charge on any atom is -0.394 e. The van der Waals surface area contributed by atoms with E-state index in [0.29, 0.717) is 0 Å². The standard InChI is InChI=1S/C8H12N2O6S/c11-1-2-3(12)4(13)5(14)8(16-2)6(15)9-7(17)10-8/h2-5,11-14H,1H2,(H2,9,10,15,17). The predicted molar refractivity (Wildman–Crippen MR) is 56.6 cm³/mol. The van der Waals surface area contributed by atoms with Gasteiger partial charge < -0.3 is 30.5 Å². The molecule has 1 spiro atoms. The van der Waals surface area contributed by atoms with Gasteiger partial charge in [0, 0.05) is 0 Å². The Morgan fingerprint density at radius 2 is 2.00 bits per heavy atom. The van der Waals surface area contributed by atoms with Crippen molar-refractivity contribution in [3.05, 3.63) is 0 Å². The second-order valence-electron chi connectivity index (χ2n) is 3.91. The summed E-state index contributed by atoms with van der Waals surface area (Å²) in [6, 6.07) is 0. The fraction of sp³-hybridized carbons (Fsp3) is 0.750. The monoisotopic (exact) mass is 264 g/mol. The highest BCUT2D eigenvalue weighted by atomic mass is 32.1. The highest BCUT2D eigenvalue weighted by Crippen LogP contribution is 2.30. The normalized spacial score (nSPS) is 45.9. The minimum absolute atomic E-state index is 0.0608. The van der Waals surface area contributed by atoms with Crippen LogP contribution in [0.5, 0.6) is 0 Å². The number of thiocarbonyl (C=S) groups is 1. The van der Waals surface area contributed by atoms with Crippen molar-refractivity contribution in [1.29, 1.82) is 0 Å². The van der Waals surface area contributed by atoms with Crippen LogP contribution in [-0.2, 0) is 9.53 Å². The zero-order chi connectivity index (χ0) is 12.8. The molecule has 0 aromatic heterocycles. The third-order valence-corrected chi connectivity index (χ3v) is 3.06. The first kappa shape index (κ1) is 12.6. The van der Waals surface area contributed by atoms with Crippen molar-refractivity contribution in [3.8, 4) is 0 Å². The molecule has 1 amide bonds. The number of hydrogen-bond acceptors (Lipinski definition) is 7. The fourth-order valence-electron chi connectivity index (χ4n) is 1.91. The molecule has 9 heteroatoms. The Morgan fingerprint density at radius 1 is 1.35 bits per heavy atom. The Hall–Kier alpha value is -0.840. The van der Waals surface area contributed by atoms with Gasteiger partial charge in [-0.3, -0.25) is 10.1 Å². The molecule has 2 aliphatic rings. The van der Waals surface area contributed by atoms with Crippen LogP contribution < -0.4 is 10.6 Å². The summed E-state index contributed by atoms with van der Waals surface area (Å²) in [6.45, 7) is -0.617. The number of nitrogens with one attached hydrogen (secondary N) is 2. The van der Waals surface area contributed by atoms with Gasteiger partial charge >= 0.3 is 0 Å². The Bertz CT molecular complexity index is 364. The molecule has 8 nitrogen and oxygen atoms in total. The quantitative estimate of drug-likeness (QED) is 0.265. The lowest BCUT2D eigenvalue weighted by Gasteiger charge is -2.44. The van der Waals surface area contributed by atoms with Crippen LogP contribution in [0.15, 0.2) is 0 Å². The van der Waals surface area contributed by atoms with E-state index in [1.165, 1.54) is 0 Å². The molecule has 0 bridgehead atoms. The second-order valence-corrected chi connectivity index (χ2v) is 4.32. The first-order valence-electron chi connectivity index (χ1n) is 4.89. The van der Waals surface area contributed by atoms with Crippen molar-refractivity contribution in [1.82, 2.24) is 10.6 Å². The Labute approximate surface area is 101 Å². The molecule has 96 valence electrons.